The Morgan fingerprint density at radius 2 is 2.12 bits per heavy atom. The third-order valence-corrected chi connectivity index (χ3v) is 6.50. The summed E-state index contributed by atoms with van der Waals surface area (Å²) in [5.41, 5.74) is 1.27. The molecule has 1 aliphatic rings. The topological polar surface area (TPSA) is 85.5 Å². The predicted octanol–water partition coefficient (Wildman–Crippen LogP) is 1.74. The standard InChI is InChI=1S/C16H21N3O4S/c1-11-16(12(2)23-18-11)24(20,21)19-8-13(10-22-3)14(9-19)15-6-4-5-7-17-15/h4-7,13-14H,8-10H2,1-3H3/t13-,14+/m0/s1. The molecule has 0 aliphatic carbocycles. The van der Waals surface area contributed by atoms with Crippen LogP contribution in [0.15, 0.2) is 33.8 Å². The third kappa shape index (κ3) is 2.97. The van der Waals surface area contributed by atoms with Crippen LogP contribution in [0, 0.1) is 19.8 Å². The normalized spacial score (nSPS) is 22.1. The molecular formula is C16H21N3O4S. The van der Waals surface area contributed by atoms with Crippen LogP contribution in [0.4, 0.5) is 0 Å². The van der Waals surface area contributed by atoms with Gasteiger partial charge in [0.05, 0.1) is 6.61 Å². The van der Waals surface area contributed by atoms with Gasteiger partial charge in [0.25, 0.3) is 0 Å². The second-order valence-corrected chi connectivity index (χ2v) is 7.93. The van der Waals surface area contributed by atoms with Crippen molar-refractivity contribution >= 4 is 10.0 Å². The van der Waals surface area contributed by atoms with Gasteiger partial charge in [0.15, 0.2) is 5.76 Å². The Morgan fingerprint density at radius 1 is 1.33 bits per heavy atom. The summed E-state index contributed by atoms with van der Waals surface area (Å²) >= 11 is 0. The first-order valence-corrected chi connectivity index (χ1v) is 9.22. The van der Waals surface area contributed by atoms with Gasteiger partial charge >= 0.3 is 0 Å². The second-order valence-electron chi connectivity index (χ2n) is 6.05. The Labute approximate surface area is 141 Å². The first-order chi connectivity index (χ1) is 11.4. The summed E-state index contributed by atoms with van der Waals surface area (Å²) in [7, 11) is -2.03. The van der Waals surface area contributed by atoms with Crippen molar-refractivity contribution in [1.29, 1.82) is 0 Å². The maximum atomic E-state index is 13.0. The number of sulfonamides is 1. The van der Waals surface area contributed by atoms with E-state index in [9.17, 15) is 8.42 Å². The van der Waals surface area contributed by atoms with Crippen molar-refractivity contribution in [2.45, 2.75) is 24.7 Å². The van der Waals surface area contributed by atoms with E-state index in [0.29, 0.717) is 31.2 Å². The summed E-state index contributed by atoms with van der Waals surface area (Å²) in [5, 5.41) is 3.77. The lowest BCUT2D eigenvalue weighted by atomic mass is 9.93. The zero-order valence-electron chi connectivity index (χ0n) is 14.0. The van der Waals surface area contributed by atoms with Gasteiger partial charge in [-0.25, -0.2) is 8.42 Å². The monoisotopic (exact) mass is 351 g/mol. The average molecular weight is 351 g/mol. The van der Waals surface area contributed by atoms with E-state index in [4.69, 9.17) is 9.26 Å². The Morgan fingerprint density at radius 3 is 2.71 bits per heavy atom. The molecule has 130 valence electrons. The number of aromatic nitrogens is 2. The van der Waals surface area contributed by atoms with Crippen molar-refractivity contribution in [3.05, 3.63) is 41.5 Å². The summed E-state index contributed by atoms with van der Waals surface area (Å²) in [6.45, 7) is 4.50. The second kappa shape index (κ2) is 6.62. The minimum Gasteiger partial charge on any atom is -0.384 e. The molecule has 2 atom stereocenters. The molecule has 1 saturated heterocycles. The number of pyridine rings is 1. The molecule has 3 heterocycles. The first-order valence-electron chi connectivity index (χ1n) is 7.78. The number of hydrogen-bond acceptors (Lipinski definition) is 6. The van der Waals surface area contributed by atoms with Crippen molar-refractivity contribution in [1.82, 2.24) is 14.4 Å². The van der Waals surface area contributed by atoms with Crippen LogP contribution in [0.25, 0.3) is 0 Å². The highest BCUT2D eigenvalue weighted by Gasteiger charge is 2.42. The van der Waals surface area contributed by atoms with Crippen LogP contribution in [0.1, 0.15) is 23.1 Å². The van der Waals surface area contributed by atoms with E-state index in [1.165, 1.54) is 4.31 Å². The van der Waals surface area contributed by atoms with Crippen LogP contribution in [0.5, 0.6) is 0 Å². The molecule has 3 rings (SSSR count). The molecule has 0 unspecified atom stereocenters. The van der Waals surface area contributed by atoms with Crippen molar-refractivity contribution in [2.75, 3.05) is 26.8 Å². The maximum Gasteiger partial charge on any atom is 0.248 e. The van der Waals surface area contributed by atoms with Crippen LogP contribution < -0.4 is 0 Å². The molecule has 1 aliphatic heterocycles. The molecule has 0 radical (unpaired) electrons. The highest BCUT2D eigenvalue weighted by atomic mass is 32.2. The van der Waals surface area contributed by atoms with Gasteiger partial charge in [0, 0.05) is 43.9 Å². The van der Waals surface area contributed by atoms with Crippen LogP contribution in [-0.2, 0) is 14.8 Å². The fourth-order valence-electron chi connectivity index (χ4n) is 3.31. The molecular weight excluding hydrogens is 330 g/mol. The van der Waals surface area contributed by atoms with Gasteiger partial charge in [-0.15, -0.1) is 0 Å². The SMILES string of the molecule is COC[C@@H]1CN(S(=O)(=O)c2c(C)noc2C)C[C@H]1c1ccccn1. The lowest BCUT2D eigenvalue weighted by Crippen LogP contribution is -2.30. The summed E-state index contributed by atoms with van der Waals surface area (Å²) in [5.74, 6) is 0.374. The average Bonchev–Trinajstić information content (AvgIpc) is 3.13. The molecule has 1 fully saturated rings. The Hall–Kier alpha value is -1.77. The molecule has 0 N–H and O–H groups in total. The number of aryl methyl sites for hydroxylation is 2. The van der Waals surface area contributed by atoms with Gasteiger partial charge in [0.2, 0.25) is 10.0 Å². The van der Waals surface area contributed by atoms with E-state index in [2.05, 4.69) is 10.1 Å². The predicted molar refractivity (Wildman–Crippen MR) is 87.1 cm³/mol. The first kappa shape index (κ1) is 17.1. The molecule has 2 aromatic heterocycles. The van der Waals surface area contributed by atoms with Gasteiger partial charge in [-0.1, -0.05) is 11.2 Å². The summed E-state index contributed by atoms with van der Waals surface area (Å²) in [6, 6.07) is 5.69. The van der Waals surface area contributed by atoms with Gasteiger partial charge in [-0.2, -0.15) is 4.31 Å². The number of hydrogen-bond donors (Lipinski definition) is 0. The largest absolute Gasteiger partial charge is 0.384 e. The van der Waals surface area contributed by atoms with Gasteiger partial charge < -0.3 is 9.26 Å². The number of nitrogens with zero attached hydrogens (tertiary/aromatic N) is 3. The smallest absolute Gasteiger partial charge is 0.248 e. The minimum atomic E-state index is -3.66. The van der Waals surface area contributed by atoms with E-state index in [1.54, 1.807) is 27.2 Å². The zero-order chi connectivity index (χ0) is 17.3. The molecule has 0 saturated carbocycles. The molecule has 7 nitrogen and oxygen atoms in total. The zero-order valence-corrected chi connectivity index (χ0v) is 14.8. The van der Waals surface area contributed by atoms with E-state index in [1.807, 2.05) is 18.2 Å². The lowest BCUT2D eigenvalue weighted by Gasteiger charge is -2.16. The Bertz CT molecular complexity index is 784. The van der Waals surface area contributed by atoms with E-state index >= 15 is 0 Å². The van der Waals surface area contributed by atoms with Crippen LogP contribution >= 0.6 is 0 Å². The molecule has 8 heteroatoms. The van der Waals surface area contributed by atoms with E-state index in [0.717, 1.165) is 5.69 Å². The number of methoxy groups -OCH3 is 1. The minimum absolute atomic E-state index is 0.00129. The molecule has 2 aromatic rings. The van der Waals surface area contributed by atoms with E-state index in [-0.39, 0.29) is 16.7 Å². The van der Waals surface area contributed by atoms with Crippen LogP contribution in [0.3, 0.4) is 0 Å². The quantitative estimate of drug-likeness (QED) is 0.816. The molecule has 0 amide bonds. The molecule has 24 heavy (non-hydrogen) atoms. The highest BCUT2D eigenvalue weighted by Crippen LogP contribution is 2.36. The third-order valence-electron chi connectivity index (χ3n) is 4.42. The Balaban J connectivity index is 1.93. The van der Waals surface area contributed by atoms with Crippen molar-refractivity contribution in [3.8, 4) is 0 Å². The van der Waals surface area contributed by atoms with Crippen LogP contribution in [-0.4, -0.2) is 49.7 Å². The molecule has 0 bridgehead atoms. The van der Waals surface area contributed by atoms with Gasteiger partial charge in [-0.3, -0.25) is 4.98 Å². The maximum absolute atomic E-state index is 13.0. The van der Waals surface area contributed by atoms with Gasteiger partial charge in [0.1, 0.15) is 10.6 Å². The number of rotatable bonds is 5. The summed E-state index contributed by atoms with van der Waals surface area (Å²) in [6.07, 6.45) is 1.73. The summed E-state index contributed by atoms with van der Waals surface area (Å²) in [4.78, 5) is 4.57. The summed E-state index contributed by atoms with van der Waals surface area (Å²) < 4.78 is 37.9. The molecule has 0 aromatic carbocycles. The fourth-order valence-corrected chi connectivity index (χ4v) is 5.13. The Kier molecular flexibility index (Phi) is 4.71. The van der Waals surface area contributed by atoms with Gasteiger partial charge in [-0.05, 0) is 26.0 Å². The molecule has 0 spiro atoms. The number of ether oxygens (including phenoxy) is 1. The van der Waals surface area contributed by atoms with Crippen molar-refractivity contribution < 1.29 is 17.7 Å². The highest BCUT2D eigenvalue weighted by molar-refractivity contribution is 7.89. The van der Waals surface area contributed by atoms with E-state index < -0.39 is 10.0 Å². The van der Waals surface area contributed by atoms with Crippen LogP contribution in [0.2, 0.25) is 0 Å². The fraction of sp³-hybridized carbons (Fsp3) is 0.500. The lowest BCUT2D eigenvalue weighted by molar-refractivity contribution is 0.150. The van der Waals surface area contributed by atoms with Crippen molar-refractivity contribution in [3.63, 3.8) is 0 Å². The van der Waals surface area contributed by atoms with Crippen molar-refractivity contribution in [2.24, 2.45) is 5.92 Å².